The van der Waals surface area contributed by atoms with Crippen molar-refractivity contribution in [1.29, 1.82) is 0 Å². The number of ether oxygens (including phenoxy) is 1. The Labute approximate surface area is 199 Å². The van der Waals surface area contributed by atoms with Crippen molar-refractivity contribution >= 4 is 35.1 Å². The van der Waals surface area contributed by atoms with Crippen LogP contribution in [0.3, 0.4) is 0 Å². The molecule has 0 radical (unpaired) electrons. The Morgan fingerprint density at radius 1 is 1.33 bits per heavy atom. The van der Waals surface area contributed by atoms with Gasteiger partial charge in [-0.3, -0.25) is 4.57 Å². The van der Waals surface area contributed by atoms with E-state index in [1.165, 1.54) is 23.1 Å². The molecule has 0 aromatic carbocycles. The van der Waals surface area contributed by atoms with E-state index in [1.807, 2.05) is 34.2 Å². The van der Waals surface area contributed by atoms with Gasteiger partial charge in [-0.15, -0.1) is 21.5 Å². The van der Waals surface area contributed by atoms with Crippen molar-refractivity contribution < 1.29 is 18.7 Å². The summed E-state index contributed by atoms with van der Waals surface area (Å²) in [5.74, 6) is 1.48. The lowest BCUT2D eigenvalue weighted by Crippen LogP contribution is -2.46. The van der Waals surface area contributed by atoms with Crippen LogP contribution in [-0.2, 0) is 16.1 Å². The number of carbonyl (C=O) groups is 2. The fourth-order valence-electron chi connectivity index (χ4n) is 3.50. The van der Waals surface area contributed by atoms with Gasteiger partial charge in [-0.2, -0.15) is 0 Å². The van der Waals surface area contributed by atoms with E-state index < -0.39 is 12.0 Å². The topological polar surface area (TPSA) is 111 Å². The van der Waals surface area contributed by atoms with Gasteiger partial charge in [0.1, 0.15) is 0 Å². The maximum absolute atomic E-state index is 12.9. The van der Waals surface area contributed by atoms with Crippen LogP contribution in [-0.4, -0.2) is 39.1 Å². The van der Waals surface area contributed by atoms with Crippen LogP contribution >= 0.6 is 23.1 Å². The molecule has 2 amide bonds. The van der Waals surface area contributed by atoms with Crippen molar-refractivity contribution in [3.8, 4) is 11.6 Å². The zero-order valence-electron chi connectivity index (χ0n) is 18.5. The van der Waals surface area contributed by atoms with Gasteiger partial charge >= 0.3 is 12.0 Å². The van der Waals surface area contributed by atoms with Gasteiger partial charge in [0.15, 0.2) is 16.7 Å². The molecule has 1 unspecified atom stereocenters. The molecule has 0 aliphatic carbocycles. The molecule has 0 saturated carbocycles. The van der Waals surface area contributed by atoms with Gasteiger partial charge in [-0.25, -0.2) is 9.59 Å². The Kier molecular flexibility index (Phi) is 7.19. The smallest absolute Gasteiger partial charge is 0.338 e. The molecule has 4 heterocycles. The first-order valence-electron chi connectivity index (χ1n) is 10.6. The van der Waals surface area contributed by atoms with Gasteiger partial charge in [-0.1, -0.05) is 31.7 Å². The molecule has 1 atom stereocenters. The van der Waals surface area contributed by atoms with Crippen molar-refractivity contribution in [2.75, 3.05) is 12.4 Å². The van der Waals surface area contributed by atoms with Gasteiger partial charge in [0.05, 0.1) is 24.5 Å². The predicted molar refractivity (Wildman–Crippen MR) is 126 cm³/mol. The minimum atomic E-state index is -0.569. The van der Waals surface area contributed by atoms with E-state index >= 15 is 0 Å². The molecule has 0 fully saturated rings. The normalized spacial score (nSPS) is 16.1. The number of carbonyl (C=O) groups excluding carboxylic acids is 2. The maximum atomic E-state index is 12.9. The van der Waals surface area contributed by atoms with Crippen molar-refractivity contribution in [2.45, 2.75) is 38.5 Å². The van der Waals surface area contributed by atoms with Crippen LogP contribution in [0.5, 0.6) is 0 Å². The van der Waals surface area contributed by atoms with E-state index in [0.29, 0.717) is 46.2 Å². The van der Waals surface area contributed by atoms with Gasteiger partial charge in [0.25, 0.3) is 0 Å². The molecular formula is C22H25N5O4S2. The Morgan fingerprint density at radius 3 is 2.85 bits per heavy atom. The van der Waals surface area contributed by atoms with Crippen LogP contribution < -0.4 is 10.6 Å². The molecule has 0 spiro atoms. The highest BCUT2D eigenvalue weighted by molar-refractivity contribution is 7.99. The van der Waals surface area contributed by atoms with Gasteiger partial charge in [-0.05, 0) is 36.4 Å². The SMILES string of the molecule is CCOC(=O)C1=C(CSc2nnc(-c3ccco3)n2CC(C)C)NC(=O)NC1c1cccs1. The van der Waals surface area contributed by atoms with Crippen molar-refractivity contribution in [2.24, 2.45) is 5.92 Å². The predicted octanol–water partition coefficient (Wildman–Crippen LogP) is 4.22. The average molecular weight is 488 g/mol. The number of urea groups is 1. The zero-order chi connectivity index (χ0) is 23.4. The molecule has 1 aliphatic heterocycles. The molecule has 9 nitrogen and oxygen atoms in total. The molecular weight excluding hydrogens is 462 g/mol. The second-order valence-corrected chi connectivity index (χ2v) is 9.66. The molecule has 2 N–H and O–H groups in total. The Bertz CT molecular complexity index is 1140. The number of aromatic nitrogens is 3. The van der Waals surface area contributed by atoms with E-state index in [9.17, 15) is 9.59 Å². The molecule has 3 aromatic rings. The summed E-state index contributed by atoms with van der Waals surface area (Å²) in [6, 6.07) is 6.49. The third-order valence-electron chi connectivity index (χ3n) is 4.83. The standard InChI is InChI=1S/C22H25N5O4S2/c1-4-30-20(28)17-14(23-21(29)24-18(17)16-8-6-10-32-16)12-33-22-26-25-19(15-7-5-9-31-15)27(22)11-13(2)3/h5-10,13,18H,4,11-12H2,1-3H3,(H2,23,24,29). The van der Waals surface area contributed by atoms with E-state index in [-0.39, 0.29) is 12.6 Å². The second-order valence-electron chi connectivity index (χ2n) is 7.74. The van der Waals surface area contributed by atoms with E-state index in [0.717, 1.165) is 4.88 Å². The summed E-state index contributed by atoms with van der Waals surface area (Å²) in [6.07, 6.45) is 1.60. The summed E-state index contributed by atoms with van der Waals surface area (Å²) in [7, 11) is 0. The first kappa shape index (κ1) is 23.1. The molecule has 0 bridgehead atoms. The molecule has 1 aliphatic rings. The first-order chi connectivity index (χ1) is 16.0. The number of esters is 1. The van der Waals surface area contributed by atoms with Crippen molar-refractivity contribution in [1.82, 2.24) is 25.4 Å². The van der Waals surface area contributed by atoms with E-state index in [4.69, 9.17) is 9.15 Å². The fraction of sp³-hybridized carbons (Fsp3) is 0.364. The number of nitrogens with one attached hydrogen (secondary N) is 2. The first-order valence-corrected chi connectivity index (χ1v) is 12.4. The highest BCUT2D eigenvalue weighted by atomic mass is 32.2. The zero-order valence-corrected chi connectivity index (χ0v) is 20.2. The molecule has 174 valence electrons. The van der Waals surface area contributed by atoms with Crippen LogP contribution in [0.15, 0.2) is 56.8 Å². The van der Waals surface area contributed by atoms with Crippen LogP contribution in [0.1, 0.15) is 31.7 Å². The summed E-state index contributed by atoms with van der Waals surface area (Å²) in [4.78, 5) is 26.2. The largest absolute Gasteiger partial charge is 0.463 e. The molecule has 3 aromatic heterocycles. The number of thioether (sulfide) groups is 1. The summed E-state index contributed by atoms with van der Waals surface area (Å²) < 4.78 is 12.8. The Hall–Kier alpha value is -3.05. The van der Waals surface area contributed by atoms with Gasteiger partial charge < -0.3 is 19.8 Å². The summed E-state index contributed by atoms with van der Waals surface area (Å²) in [6.45, 7) is 6.91. The second kappa shape index (κ2) is 10.3. The molecule has 33 heavy (non-hydrogen) atoms. The minimum absolute atomic E-state index is 0.239. The Balaban J connectivity index is 1.67. The lowest BCUT2D eigenvalue weighted by atomic mass is 10.0. The lowest BCUT2D eigenvalue weighted by Gasteiger charge is -2.28. The molecule has 4 rings (SSSR count). The number of furan rings is 1. The minimum Gasteiger partial charge on any atom is -0.463 e. The summed E-state index contributed by atoms with van der Waals surface area (Å²) >= 11 is 2.87. The monoisotopic (exact) mass is 487 g/mol. The number of hydrogen-bond donors (Lipinski definition) is 2. The van der Waals surface area contributed by atoms with Crippen molar-refractivity contribution in [3.63, 3.8) is 0 Å². The number of rotatable bonds is 9. The number of amides is 2. The summed E-state index contributed by atoms with van der Waals surface area (Å²) in [5, 5.41) is 16.9. The Morgan fingerprint density at radius 2 is 2.18 bits per heavy atom. The van der Waals surface area contributed by atoms with Gasteiger partial charge in [0, 0.05) is 22.9 Å². The average Bonchev–Trinajstić information content (AvgIpc) is 3.53. The lowest BCUT2D eigenvalue weighted by molar-refractivity contribution is -0.139. The number of thiophene rings is 1. The highest BCUT2D eigenvalue weighted by Crippen LogP contribution is 2.33. The van der Waals surface area contributed by atoms with Crippen molar-refractivity contribution in [3.05, 3.63) is 52.1 Å². The van der Waals surface area contributed by atoms with E-state index in [1.54, 1.807) is 13.2 Å². The highest BCUT2D eigenvalue weighted by Gasteiger charge is 2.34. The maximum Gasteiger partial charge on any atom is 0.338 e. The molecule has 0 saturated heterocycles. The quantitative estimate of drug-likeness (QED) is 0.343. The van der Waals surface area contributed by atoms with Gasteiger partial charge in [0.2, 0.25) is 0 Å². The van der Waals surface area contributed by atoms with Crippen LogP contribution in [0, 0.1) is 5.92 Å². The van der Waals surface area contributed by atoms with Crippen LogP contribution in [0.2, 0.25) is 0 Å². The number of hydrogen-bond acceptors (Lipinski definition) is 8. The number of nitrogens with zero attached hydrogens (tertiary/aromatic N) is 3. The van der Waals surface area contributed by atoms with E-state index in [2.05, 4.69) is 34.7 Å². The fourth-order valence-corrected chi connectivity index (χ4v) is 5.20. The third-order valence-corrected chi connectivity index (χ3v) is 6.76. The molecule has 11 heteroatoms. The van der Waals surface area contributed by atoms with Crippen LogP contribution in [0.4, 0.5) is 4.79 Å². The third kappa shape index (κ3) is 5.14. The summed E-state index contributed by atoms with van der Waals surface area (Å²) in [5.41, 5.74) is 0.895. The van der Waals surface area contributed by atoms with Crippen LogP contribution in [0.25, 0.3) is 11.6 Å².